The Kier molecular flexibility index (Phi) is 4.20. The first-order valence-corrected chi connectivity index (χ1v) is 7.12. The molecule has 3 aromatic rings. The van der Waals surface area contributed by atoms with Crippen LogP contribution in [0, 0.1) is 6.92 Å². The molecule has 0 aliphatic carbocycles. The monoisotopic (exact) mass is 312 g/mol. The van der Waals surface area contributed by atoms with Crippen molar-refractivity contribution in [1.82, 2.24) is 20.3 Å². The first-order valence-electron chi connectivity index (χ1n) is 7.12. The van der Waals surface area contributed by atoms with Crippen LogP contribution in [-0.4, -0.2) is 32.6 Å². The summed E-state index contributed by atoms with van der Waals surface area (Å²) >= 11 is 0. The van der Waals surface area contributed by atoms with Crippen LogP contribution in [0.4, 0.5) is 0 Å². The van der Waals surface area contributed by atoms with Crippen LogP contribution in [0.1, 0.15) is 27.9 Å². The number of aliphatic hydroxyl groups excluding tert-OH is 1. The van der Waals surface area contributed by atoms with E-state index < -0.39 is 11.9 Å². The minimum Gasteiger partial charge on any atom is -0.467 e. The lowest BCUT2D eigenvalue weighted by molar-refractivity contribution is 0.0902. The number of aromatic nitrogens is 3. The number of aliphatic hydroxyl groups is 1. The Hall–Kier alpha value is -2.93. The SMILES string of the molecule is Cc1cccc(-n2cc(C(=O)NC(CO)c3ccco3)nn2)c1. The lowest BCUT2D eigenvalue weighted by atomic mass is 10.2. The van der Waals surface area contributed by atoms with Gasteiger partial charge in [0.2, 0.25) is 0 Å². The van der Waals surface area contributed by atoms with Crippen molar-refractivity contribution in [2.45, 2.75) is 13.0 Å². The number of furan rings is 1. The van der Waals surface area contributed by atoms with E-state index in [-0.39, 0.29) is 12.3 Å². The van der Waals surface area contributed by atoms with Gasteiger partial charge in [-0.25, -0.2) is 4.68 Å². The molecule has 0 aliphatic heterocycles. The molecule has 7 heteroatoms. The van der Waals surface area contributed by atoms with E-state index in [4.69, 9.17) is 4.42 Å². The largest absolute Gasteiger partial charge is 0.467 e. The summed E-state index contributed by atoms with van der Waals surface area (Å²) in [5.41, 5.74) is 2.07. The normalized spacial score (nSPS) is 12.1. The summed E-state index contributed by atoms with van der Waals surface area (Å²) in [4.78, 5) is 12.2. The van der Waals surface area contributed by atoms with Crippen LogP contribution in [0.15, 0.2) is 53.3 Å². The predicted molar refractivity (Wildman–Crippen MR) is 82.1 cm³/mol. The highest BCUT2D eigenvalue weighted by atomic mass is 16.3. The third kappa shape index (κ3) is 3.29. The average molecular weight is 312 g/mol. The van der Waals surface area contributed by atoms with Gasteiger partial charge in [0.25, 0.3) is 5.91 Å². The van der Waals surface area contributed by atoms with E-state index in [9.17, 15) is 9.90 Å². The van der Waals surface area contributed by atoms with Gasteiger partial charge in [-0.15, -0.1) is 5.10 Å². The summed E-state index contributed by atoms with van der Waals surface area (Å²) in [5.74, 6) is 0.0475. The number of nitrogens with zero attached hydrogens (tertiary/aromatic N) is 3. The van der Waals surface area contributed by atoms with Crippen molar-refractivity contribution < 1.29 is 14.3 Å². The van der Waals surface area contributed by atoms with Crippen LogP contribution in [0.25, 0.3) is 5.69 Å². The van der Waals surface area contributed by atoms with Gasteiger partial charge in [0.05, 0.1) is 24.8 Å². The molecule has 0 radical (unpaired) electrons. The predicted octanol–water partition coefficient (Wildman–Crippen LogP) is 1.63. The van der Waals surface area contributed by atoms with E-state index in [1.54, 1.807) is 18.3 Å². The quantitative estimate of drug-likeness (QED) is 0.747. The molecule has 1 amide bonds. The Balaban J connectivity index is 1.76. The molecule has 7 nitrogen and oxygen atoms in total. The van der Waals surface area contributed by atoms with Gasteiger partial charge >= 0.3 is 0 Å². The molecule has 2 aromatic heterocycles. The fourth-order valence-corrected chi connectivity index (χ4v) is 2.19. The zero-order chi connectivity index (χ0) is 16.2. The second kappa shape index (κ2) is 6.45. The maximum absolute atomic E-state index is 12.2. The van der Waals surface area contributed by atoms with Gasteiger partial charge < -0.3 is 14.8 Å². The molecule has 1 unspecified atom stereocenters. The number of aryl methyl sites for hydroxylation is 1. The fourth-order valence-electron chi connectivity index (χ4n) is 2.19. The van der Waals surface area contributed by atoms with Crippen molar-refractivity contribution in [3.05, 3.63) is 65.9 Å². The van der Waals surface area contributed by atoms with Crippen LogP contribution in [0.2, 0.25) is 0 Å². The summed E-state index contributed by atoms with van der Waals surface area (Å²) < 4.78 is 6.73. The summed E-state index contributed by atoms with van der Waals surface area (Å²) in [6.45, 7) is 1.70. The zero-order valence-electron chi connectivity index (χ0n) is 12.5. The minimum atomic E-state index is -0.624. The Morgan fingerprint density at radius 3 is 2.96 bits per heavy atom. The molecule has 23 heavy (non-hydrogen) atoms. The molecule has 0 spiro atoms. The van der Waals surface area contributed by atoms with E-state index in [1.807, 2.05) is 31.2 Å². The summed E-state index contributed by atoms with van der Waals surface area (Å²) in [6, 6.07) is 10.5. The molecular weight excluding hydrogens is 296 g/mol. The molecule has 2 N–H and O–H groups in total. The topological polar surface area (TPSA) is 93.2 Å². The highest BCUT2D eigenvalue weighted by Crippen LogP contribution is 2.14. The lowest BCUT2D eigenvalue weighted by Gasteiger charge is -2.12. The van der Waals surface area contributed by atoms with Crippen molar-refractivity contribution in [3.63, 3.8) is 0 Å². The Morgan fingerprint density at radius 2 is 2.26 bits per heavy atom. The van der Waals surface area contributed by atoms with Crippen LogP contribution in [0.3, 0.4) is 0 Å². The number of hydrogen-bond acceptors (Lipinski definition) is 5. The lowest BCUT2D eigenvalue weighted by Crippen LogP contribution is -2.30. The van der Waals surface area contributed by atoms with Crippen LogP contribution < -0.4 is 5.32 Å². The molecule has 118 valence electrons. The maximum atomic E-state index is 12.2. The van der Waals surface area contributed by atoms with Crippen molar-refractivity contribution in [2.24, 2.45) is 0 Å². The third-order valence-corrected chi connectivity index (χ3v) is 3.37. The molecule has 0 fully saturated rings. The number of nitrogens with one attached hydrogen (secondary N) is 1. The summed E-state index contributed by atoms with van der Waals surface area (Å²) in [6.07, 6.45) is 3.03. The van der Waals surface area contributed by atoms with E-state index in [0.29, 0.717) is 5.76 Å². The van der Waals surface area contributed by atoms with Crippen LogP contribution in [0.5, 0.6) is 0 Å². The number of amides is 1. The Morgan fingerprint density at radius 1 is 1.39 bits per heavy atom. The summed E-state index contributed by atoms with van der Waals surface area (Å²) in [5, 5.41) is 19.9. The number of hydrogen-bond donors (Lipinski definition) is 2. The Bertz CT molecular complexity index is 795. The van der Waals surface area contributed by atoms with Gasteiger partial charge in [0.15, 0.2) is 5.69 Å². The Labute approximate surface area is 132 Å². The van der Waals surface area contributed by atoms with Gasteiger partial charge in [-0.1, -0.05) is 17.3 Å². The van der Waals surface area contributed by atoms with Crippen molar-refractivity contribution in [3.8, 4) is 5.69 Å². The summed E-state index contributed by atoms with van der Waals surface area (Å²) in [7, 11) is 0. The molecule has 2 heterocycles. The van der Waals surface area contributed by atoms with Gasteiger partial charge in [0.1, 0.15) is 11.8 Å². The standard InChI is InChI=1S/C16H16N4O3/c1-11-4-2-5-12(8-11)20-9-13(18-19-20)16(22)17-14(10-21)15-6-3-7-23-15/h2-9,14,21H,10H2,1H3,(H,17,22). The van der Waals surface area contributed by atoms with Gasteiger partial charge in [0, 0.05) is 0 Å². The molecule has 0 saturated carbocycles. The number of rotatable bonds is 5. The van der Waals surface area contributed by atoms with Crippen molar-refractivity contribution >= 4 is 5.91 Å². The second-order valence-corrected chi connectivity index (χ2v) is 5.11. The molecule has 0 bridgehead atoms. The van der Waals surface area contributed by atoms with Gasteiger partial charge in [-0.2, -0.15) is 0 Å². The zero-order valence-corrected chi connectivity index (χ0v) is 12.5. The second-order valence-electron chi connectivity index (χ2n) is 5.11. The smallest absolute Gasteiger partial charge is 0.274 e. The van der Waals surface area contributed by atoms with E-state index in [2.05, 4.69) is 15.6 Å². The van der Waals surface area contributed by atoms with Crippen LogP contribution >= 0.6 is 0 Å². The molecule has 0 saturated heterocycles. The van der Waals surface area contributed by atoms with Crippen molar-refractivity contribution in [1.29, 1.82) is 0 Å². The number of carbonyl (C=O) groups excluding carboxylic acids is 1. The average Bonchev–Trinajstić information content (AvgIpc) is 3.23. The van der Waals surface area contributed by atoms with E-state index >= 15 is 0 Å². The first kappa shape index (κ1) is 15.0. The fraction of sp³-hybridized carbons (Fsp3) is 0.188. The highest BCUT2D eigenvalue weighted by molar-refractivity contribution is 5.92. The molecular formula is C16H16N4O3. The van der Waals surface area contributed by atoms with Gasteiger partial charge in [-0.05, 0) is 36.8 Å². The number of carbonyl (C=O) groups is 1. The van der Waals surface area contributed by atoms with E-state index in [0.717, 1.165) is 11.3 Å². The minimum absolute atomic E-state index is 0.163. The molecule has 3 rings (SSSR count). The molecule has 1 atom stereocenters. The number of benzene rings is 1. The molecule has 0 aliphatic rings. The van der Waals surface area contributed by atoms with Crippen LogP contribution in [-0.2, 0) is 0 Å². The first-order chi connectivity index (χ1) is 11.2. The highest BCUT2D eigenvalue weighted by Gasteiger charge is 2.19. The third-order valence-electron chi connectivity index (χ3n) is 3.37. The molecule has 1 aromatic carbocycles. The maximum Gasteiger partial charge on any atom is 0.274 e. The van der Waals surface area contributed by atoms with Crippen molar-refractivity contribution in [2.75, 3.05) is 6.61 Å². The van der Waals surface area contributed by atoms with Gasteiger partial charge in [-0.3, -0.25) is 4.79 Å². The van der Waals surface area contributed by atoms with E-state index in [1.165, 1.54) is 10.9 Å².